The molecular weight excluding hydrogens is 305 g/mol. The number of rotatable bonds is 4. The average Bonchev–Trinajstić information content (AvgIpc) is 2.63. The van der Waals surface area contributed by atoms with Gasteiger partial charge < -0.3 is 10.2 Å². The normalized spacial score (nSPS) is 15.3. The Morgan fingerprint density at radius 1 is 0.958 bits per heavy atom. The Bertz CT molecular complexity index is 669. The molecule has 0 aromatic heterocycles. The molecule has 1 N–H and O–H groups in total. The molecule has 1 saturated heterocycles. The topological polar surface area (TPSA) is 35.6 Å². The molecule has 1 aliphatic heterocycles. The number of hydrogen-bond donors (Lipinski definition) is 1. The number of piperazine rings is 1. The third-order valence-electron chi connectivity index (χ3n) is 4.33. The zero-order chi connectivity index (χ0) is 16.8. The van der Waals surface area contributed by atoms with Crippen LogP contribution in [-0.2, 0) is 6.42 Å². The Labute approximate surface area is 141 Å². The zero-order valence-electron chi connectivity index (χ0n) is 13.6. The number of carbonyl (C=O) groups excluding carboxylic acids is 1. The molecule has 126 valence electrons. The summed E-state index contributed by atoms with van der Waals surface area (Å²) in [6, 6.07) is 16.4. The molecule has 0 spiro atoms. The van der Waals surface area contributed by atoms with Crippen molar-refractivity contribution < 1.29 is 9.18 Å². The molecule has 0 bridgehead atoms. The minimum Gasteiger partial charge on any atom is -0.322 e. The molecule has 2 aromatic rings. The van der Waals surface area contributed by atoms with Gasteiger partial charge in [-0.1, -0.05) is 42.5 Å². The number of anilines is 1. The van der Waals surface area contributed by atoms with Crippen molar-refractivity contribution in [2.45, 2.75) is 6.42 Å². The molecule has 2 amide bonds. The standard InChI is InChI=1S/C19H22FN3O/c20-17-8-4-5-9-18(17)21-19(24)23-14-12-22(13-15-23)11-10-16-6-2-1-3-7-16/h1-9H,10-15H2,(H,21,24). The summed E-state index contributed by atoms with van der Waals surface area (Å²) in [4.78, 5) is 16.3. The summed E-state index contributed by atoms with van der Waals surface area (Å²) in [6.45, 7) is 4.01. The van der Waals surface area contributed by atoms with Gasteiger partial charge in [-0.15, -0.1) is 0 Å². The summed E-state index contributed by atoms with van der Waals surface area (Å²) in [7, 11) is 0. The Morgan fingerprint density at radius 3 is 2.33 bits per heavy atom. The number of nitrogens with zero attached hydrogens (tertiary/aromatic N) is 2. The minimum absolute atomic E-state index is 0.231. The summed E-state index contributed by atoms with van der Waals surface area (Å²) >= 11 is 0. The van der Waals surface area contributed by atoms with Gasteiger partial charge in [0.1, 0.15) is 5.82 Å². The Morgan fingerprint density at radius 2 is 1.62 bits per heavy atom. The van der Waals surface area contributed by atoms with E-state index < -0.39 is 5.82 Å². The van der Waals surface area contributed by atoms with E-state index in [0.29, 0.717) is 13.1 Å². The molecule has 0 atom stereocenters. The molecule has 2 aromatic carbocycles. The molecule has 0 saturated carbocycles. The molecular formula is C19H22FN3O. The van der Waals surface area contributed by atoms with E-state index in [-0.39, 0.29) is 11.7 Å². The fourth-order valence-corrected chi connectivity index (χ4v) is 2.86. The van der Waals surface area contributed by atoms with Crippen LogP contribution in [0.15, 0.2) is 54.6 Å². The summed E-state index contributed by atoms with van der Waals surface area (Å²) in [6.07, 6.45) is 1.02. The van der Waals surface area contributed by atoms with Gasteiger partial charge in [0.05, 0.1) is 5.69 Å². The number of carbonyl (C=O) groups is 1. The molecule has 1 heterocycles. The van der Waals surface area contributed by atoms with E-state index in [2.05, 4.69) is 34.5 Å². The summed E-state index contributed by atoms with van der Waals surface area (Å²) in [5.74, 6) is -0.410. The zero-order valence-corrected chi connectivity index (χ0v) is 13.6. The van der Waals surface area contributed by atoms with Gasteiger partial charge in [0.2, 0.25) is 0 Å². The Hall–Kier alpha value is -2.40. The predicted molar refractivity (Wildman–Crippen MR) is 93.6 cm³/mol. The first kappa shape index (κ1) is 16.5. The monoisotopic (exact) mass is 327 g/mol. The smallest absolute Gasteiger partial charge is 0.322 e. The van der Waals surface area contributed by atoms with E-state index in [1.807, 2.05) is 6.07 Å². The van der Waals surface area contributed by atoms with Gasteiger partial charge in [0, 0.05) is 32.7 Å². The van der Waals surface area contributed by atoms with Gasteiger partial charge in [-0.2, -0.15) is 0 Å². The van der Waals surface area contributed by atoms with Crippen LogP contribution in [-0.4, -0.2) is 48.6 Å². The van der Waals surface area contributed by atoms with Crippen molar-refractivity contribution in [3.05, 3.63) is 66.0 Å². The van der Waals surface area contributed by atoms with Crippen molar-refractivity contribution in [2.75, 3.05) is 38.0 Å². The summed E-state index contributed by atoms with van der Waals surface area (Å²) < 4.78 is 13.6. The van der Waals surface area contributed by atoms with Gasteiger partial charge in [0.25, 0.3) is 0 Å². The van der Waals surface area contributed by atoms with Crippen LogP contribution in [0.2, 0.25) is 0 Å². The number of amides is 2. The predicted octanol–water partition coefficient (Wildman–Crippen LogP) is 3.22. The van der Waals surface area contributed by atoms with E-state index >= 15 is 0 Å². The second kappa shape index (κ2) is 7.93. The van der Waals surface area contributed by atoms with Crippen molar-refractivity contribution in [2.24, 2.45) is 0 Å². The van der Waals surface area contributed by atoms with Gasteiger partial charge in [-0.25, -0.2) is 9.18 Å². The molecule has 0 aliphatic carbocycles. The molecule has 5 heteroatoms. The quantitative estimate of drug-likeness (QED) is 0.936. The number of halogens is 1. The lowest BCUT2D eigenvalue weighted by Gasteiger charge is -2.34. The highest BCUT2D eigenvalue weighted by Crippen LogP contribution is 2.14. The second-order valence-corrected chi connectivity index (χ2v) is 5.97. The second-order valence-electron chi connectivity index (χ2n) is 5.97. The van der Waals surface area contributed by atoms with Crippen LogP contribution >= 0.6 is 0 Å². The number of urea groups is 1. The van der Waals surface area contributed by atoms with E-state index in [4.69, 9.17) is 0 Å². The minimum atomic E-state index is -0.410. The van der Waals surface area contributed by atoms with Gasteiger partial charge in [0.15, 0.2) is 0 Å². The lowest BCUT2D eigenvalue weighted by atomic mass is 10.1. The van der Waals surface area contributed by atoms with Crippen molar-refractivity contribution in [3.63, 3.8) is 0 Å². The third-order valence-corrected chi connectivity index (χ3v) is 4.33. The van der Waals surface area contributed by atoms with Crippen LogP contribution in [0.25, 0.3) is 0 Å². The van der Waals surface area contributed by atoms with Crippen molar-refractivity contribution in [1.82, 2.24) is 9.80 Å². The van der Waals surface area contributed by atoms with Gasteiger partial charge >= 0.3 is 6.03 Å². The lowest BCUT2D eigenvalue weighted by molar-refractivity contribution is 0.148. The molecule has 24 heavy (non-hydrogen) atoms. The average molecular weight is 327 g/mol. The highest BCUT2D eigenvalue weighted by molar-refractivity contribution is 5.89. The molecule has 1 aliphatic rings. The van der Waals surface area contributed by atoms with Crippen LogP contribution in [0.5, 0.6) is 0 Å². The van der Waals surface area contributed by atoms with Crippen molar-refractivity contribution >= 4 is 11.7 Å². The van der Waals surface area contributed by atoms with Gasteiger partial charge in [-0.05, 0) is 24.1 Å². The van der Waals surface area contributed by atoms with E-state index in [0.717, 1.165) is 26.1 Å². The first-order valence-electron chi connectivity index (χ1n) is 8.29. The highest BCUT2D eigenvalue weighted by Gasteiger charge is 2.21. The van der Waals surface area contributed by atoms with Crippen LogP contribution in [0.1, 0.15) is 5.56 Å². The summed E-state index contributed by atoms with van der Waals surface area (Å²) in [5.41, 5.74) is 1.56. The van der Waals surface area contributed by atoms with Crippen LogP contribution < -0.4 is 5.32 Å². The van der Waals surface area contributed by atoms with E-state index in [9.17, 15) is 9.18 Å². The number of benzene rings is 2. The fourth-order valence-electron chi connectivity index (χ4n) is 2.86. The van der Waals surface area contributed by atoms with Crippen LogP contribution in [0, 0.1) is 5.82 Å². The van der Waals surface area contributed by atoms with Crippen molar-refractivity contribution in [1.29, 1.82) is 0 Å². The maximum atomic E-state index is 13.6. The molecule has 4 nitrogen and oxygen atoms in total. The third kappa shape index (κ3) is 4.32. The Balaban J connectivity index is 1.44. The number of nitrogens with one attached hydrogen (secondary N) is 1. The summed E-state index contributed by atoms with van der Waals surface area (Å²) in [5, 5.41) is 2.65. The van der Waals surface area contributed by atoms with Gasteiger partial charge in [-0.3, -0.25) is 4.90 Å². The van der Waals surface area contributed by atoms with Crippen LogP contribution in [0.3, 0.4) is 0 Å². The molecule has 0 radical (unpaired) electrons. The lowest BCUT2D eigenvalue weighted by Crippen LogP contribution is -2.50. The maximum absolute atomic E-state index is 13.6. The van der Waals surface area contributed by atoms with E-state index in [1.54, 1.807) is 23.1 Å². The number of hydrogen-bond acceptors (Lipinski definition) is 2. The van der Waals surface area contributed by atoms with Crippen LogP contribution in [0.4, 0.5) is 14.9 Å². The first-order valence-corrected chi connectivity index (χ1v) is 8.29. The largest absolute Gasteiger partial charge is 0.322 e. The number of para-hydroxylation sites is 1. The fraction of sp³-hybridized carbons (Fsp3) is 0.316. The van der Waals surface area contributed by atoms with E-state index in [1.165, 1.54) is 11.6 Å². The molecule has 0 unspecified atom stereocenters. The molecule has 3 rings (SSSR count). The van der Waals surface area contributed by atoms with Crippen molar-refractivity contribution in [3.8, 4) is 0 Å². The maximum Gasteiger partial charge on any atom is 0.322 e. The first-order chi connectivity index (χ1) is 11.7. The SMILES string of the molecule is O=C(Nc1ccccc1F)N1CCN(CCc2ccccc2)CC1. The highest BCUT2D eigenvalue weighted by atomic mass is 19.1. The Kier molecular flexibility index (Phi) is 5.43. The molecule has 1 fully saturated rings.